The Kier molecular flexibility index (Phi) is 3.27. The summed E-state index contributed by atoms with van der Waals surface area (Å²) >= 11 is 13.9. The summed E-state index contributed by atoms with van der Waals surface area (Å²) in [5, 5.41) is 3.84. The summed E-state index contributed by atoms with van der Waals surface area (Å²) in [6, 6.07) is 11.9. The summed E-state index contributed by atoms with van der Waals surface area (Å²) in [4.78, 5) is 10.6. The van der Waals surface area contributed by atoms with Gasteiger partial charge < -0.3 is 9.88 Å². The fourth-order valence-corrected chi connectivity index (χ4v) is 4.84. The van der Waals surface area contributed by atoms with E-state index < -0.39 is 0 Å². The van der Waals surface area contributed by atoms with Crippen LogP contribution in [0, 0.1) is 0 Å². The van der Waals surface area contributed by atoms with Crippen LogP contribution >= 0.6 is 34.5 Å². The molecule has 0 unspecified atom stereocenters. The number of aromatic amines is 1. The van der Waals surface area contributed by atoms with Gasteiger partial charge in [0.25, 0.3) is 0 Å². The molecule has 0 bridgehead atoms. The van der Waals surface area contributed by atoms with Crippen LogP contribution in [0.5, 0.6) is 0 Å². The van der Waals surface area contributed by atoms with E-state index in [0.717, 1.165) is 50.4 Å². The number of nitrogens with one attached hydrogen (secondary N) is 1. The average molecular weight is 374 g/mol. The van der Waals surface area contributed by atoms with Gasteiger partial charge in [0.05, 0.1) is 16.8 Å². The van der Waals surface area contributed by atoms with Gasteiger partial charge >= 0.3 is 0 Å². The maximum absolute atomic E-state index is 6.16. The first-order valence-electron chi connectivity index (χ1n) is 7.77. The summed E-state index contributed by atoms with van der Waals surface area (Å²) in [5.41, 5.74) is 4.81. The van der Waals surface area contributed by atoms with Crippen LogP contribution in [-0.2, 0) is 13.0 Å². The van der Waals surface area contributed by atoms with Gasteiger partial charge in [-0.1, -0.05) is 34.5 Å². The van der Waals surface area contributed by atoms with Crippen LogP contribution in [-0.4, -0.2) is 16.5 Å². The van der Waals surface area contributed by atoms with Gasteiger partial charge in [-0.15, -0.1) is 0 Å². The van der Waals surface area contributed by atoms with Crippen molar-refractivity contribution >= 4 is 60.8 Å². The normalized spacial score (nSPS) is 14.5. The van der Waals surface area contributed by atoms with Gasteiger partial charge in [0.15, 0.2) is 5.13 Å². The van der Waals surface area contributed by atoms with Crippen molar-refractivity contribution in [3.05, 3.63) is 57.7 Å². The second kappa shape index (κ2) is 5.38. The monoisotopic (exact) mass is 373 g/mol. The Balaban J connectivity index is 1.54. The summed E-state index contributed by atoms with van der Waals surface area (Å²) in [6.45, 7) is 1.80. The number of hydrogen-bond acceptors (Lipinski definition) is 3. The highest BCUT2D eigenvalue weighted by atomic mass is 35.5. The molecular weight excluding hydrogens is 361 g/mol. The predicted molar refractivity (Wildman–Crippen MR) is 103 cm³/mol. The van der Waals surface area contributed by atoms with E-state index in [1.807, 2.05) is 24.3 Å². The predicted octanol–water partition coefficient (Wildman–Crippen LogP) is 5.65. The van der Waals surface area contributed by atoms with Crippen molar-refractivity contribution < 1.29 is 0 Å². The molecule has 4 aromatic rings. The first kappa shape index (κ1) is 14.6. The molecule has 0 radical (unpaired) electrons. The molecule has 5 rings (SSSR count). The van der Waals surface area contributed by atoms with E-state index in [1.165, 1.54) is 16.6 Å². The highest BCUT2D eigenvalue weighted by molar-refractivity contribution is 7.22. The van der Waals surface area contributed by atoms with Crippen molar-refractivity contribution in [3.63, 3.8) is 0 Å². The minimum Gasteiger partial charge on any atom is -0.357 e. The van der Waals surface area contributed by atoms with Gasteiger partial charge in [0, 0.05) is 33.2 Å². The topological polar surface area (TPSA) is 31.9 Å². The van der Waals surface area contributed by atoms with Crippen LogP contribution in [0.1, 0.15) is 11.3 Å². The van der Waals surface area contributed by atoms with Gasteiger partial charge in [-0.25, -0.2) is 4.98 Å². The van der Waals surface area contributed by atoms with Crippen molar-refractivity contribution in [2.75, 3.05) is 11.4 Å². The maximum Gasteiger partial charge on any atom is 0.186 e. The number of fused-ring (bicyclic) bond motifs is 4. The van der Waals surface area contributed by atoms with E-state index in [1.54, 1.807) is 11.3 Å². The Morgan fingerprint density at radius 3 is 2.83 bits per heavy atom. The van der Waals surface area contributed by atoms with Crippen LogP contribution in [0.3, 0.4) is 0 Å². The third-order valence-electron chi connectivity index (χ3n) is 4.55. The summed E-state index contributed by atoms with van der Waals surface area (Å²) in [6.07, 6.45) is 0.992. The van der Waals surface area contributed by atoms with E-state index in [2.05, 4.69) is 22.0 Å². The highest BCUT2D eigenvalue weighted by Crippen LogP contribution is 2.35. The Morgan fingerprint density at radius 1 is 1.08 bits per heavy atom. The van der Waals surface area contributed by atoms with Crippen molar-refractivity contribution in [2.24, 2.45) is 0 Å². The minimum atomic E-state index is 0.756. The number of halogens is 2. The quantitative estimate of drug-likeness (QED) is 0.467. The van der Waals surface area contributed by atoms with Crippen LogP contribution in [0.2, 0.25) is 10.0 Å². The Morgan fingerprint density at radius 2 is 1.92 bits per heavy atom. The van der Waals surface area contributed by atoms with Gasteiger partial charge in [0.2, 0.25) is 0 Å². The third-order valence-corrected chi connectivity index (χ3v) is 6.10. The number of anilines is 1. The van der Waals surface area contributed by atoms with Crippen LogP contribution in [0.15, 0.2) is 36.4 Å². The molecule has 6 heteroatoms. The second-order valence-electron chi connectivity index (χ2n) is 6.05. The Hall–Kier alpha value is -1.75. The molecule has 2 aromatic heterocycles. The zero-order chi connectivity index (χ0) is 16.3. The third kappa shape index (κ3) is 2.29. The summed E-state index contributed by atoms with van der Waals surface area (Å²) in [5.74, 6) is 0. The lowest BCUT2D eigenvalue weighted by atomic mass is 10.0. The van der Waals surface area contributed by atoms with E-state index >= 15 is 0 Å². The minimum absolute atomic E-state index is 0.756. The molecule has 0 amide bonds. The Bertz CT molecular complexity index is 1080. The molecule has 0 saturated carbocycles. The maximum atomic E-state index is 6.16. The molecule has 0 aliphatic carbocycles. The van der Waals surface area contributed by atoms with Gasteiger partial charge in [-0.05, 0) is 48.4 Å². The lowest BCUT2D eigenvalue weighted by Crippen LogP contribution is -2.29. The van der Waals surface area contributed by atoms with Crippen molar-refractivity contribution in [2.45, 2.75) is 13.0 Å². The number of hydrogen-bond donors (Lipinski definition) is 1. The fourth-order valence-electron chi connectivity index (χ4n) is 3.40. The molecular formula is C18H13Cl2N3S. The van der Waals surface area contributed by atoms with Gasteiger partial charge in [-0.2, -0.15) is 0 Å². The first-order valence-corrected chi connectivity index (χ1v) is 9.35. The van der Waals surface area contributed by atoms with Crippen LogP contribution in [0.4, 0.5) is 5.13 Å². The SMILES string of the molecule is Clc1ccc2nc(N3CCc4c([nH]c5ccc(Cl)cc45)C3)sc2c1. The van der Waals surface area contributed by atoms with E-state index in [4.69, 9.17) is 28.2 Å². The molecule has 1 aliphatic heterocycles. The summed E-state index contributed by atoms with van der Waals surface area (Å²) in [7, 11) is 0. The first-order chi connectivity index (χ1) is 11.7. The van der Waals surface area contributed by atoms with Crippen molar-refractivity contribution in [3.8, 4) is 0 Å². The zero-order valence-electron chi connectivity index (χ0n) is 12.6. The number of H-pyrrole nitrogens is 1. The van der Waals surface area contributed by atoms with Crippen LogP contribution < -0.4 is 4.90 Å². The lowest BCUT2D eigenvalue weighted by molar-refractivity contribution is 0.722. The average Bonchev–Trinajstić information content (AvgIpc) is 3.14. The second-order valence-corrected chi connectivity index (χ2v) is 7.93. The van der Waals surface area contributed by atoms with E-state index in [9.17, 15) is 0 Å². The molecule has 3 heterocycles. The number of nitrogens with zero attached hydrogens (tertiary/aromatic N) is 2. The van der Waals surface area contributed by atoms with Crippen molar-refractivity contribution in [1.29, 1.82) is 0 Å². The molecule has 0 spiro atoms. The molecule has 1 N–H and O–H groups in total. The summed E-state index contributed by atoms with van der Waals surface area (Å²) < 4.78 is 1.13. The van der Waals surface area contributed by atoms with Crippen LogP contribution in [0.25, 0.3) is 21.1 Å². The molecule has 0 atom stereocenters. The number of aromatic nitrogens is 2. The number of thiazole rings is 1. The number of benzene rings is 2. The molecule has 0 fully saturated rings. The largest absolute Gasteiger partial charge is 0.357 e. The standard InChI is InChI=1S/C18H13Cl2N3S/c19-10-1-3-14-13(7-10)12-5-6-23(9-16(12)21-14)18-22-15-4-2-11(20)8-17(15)24-18/h1-4,7-8,21H,5-6,9H2. The molecule has 1 aliphatic rings. The van der Waals surface area contributed by atoms with Gasteiger partial charge in [0.1, 0.15) is 0 Å². The molecule has 120 valence electrons. The molecule has 2 aromatic carbocycles. The number of rotatable bonds is 1. The molecule has 3 nitrogen and oxygen atoms in total. The lowest BCUT2D eigenvalue weighted by Gasteiger charge is -2.26. The Labute approximate surface area is 152 Å². The van der Waals surface area contributed by atoms with E-state index in [-0.39, 0.29) is 0 Å². The molecule has 24 heavy (non-hydrogen) atoms. The smallest absolute Gasteiger partial charge is 0.186 e. The van der Waals surface area contributed by atoms with Gasteiger partial charge in [-0.3, -0.25) is 0 Å². The highest BCUT2D eigenvalue weighted by Gasteiger charge is 2.23. The molecule has 0 saturated heterocycles. The van der Waals surface area contributed by atoms with Crippen molar-refractivity contribution in [1.82, 2.24) is 9.97 Å². The van der Waals surface area contributed by atoms with E-state index in [0.29, 0.717) is 0 Å². The zero-order valence-corrected chi connectivity index (χ0v) is 15.0. The fraction of sp³-hybridized carbons (Fsp3) is 0.167.